The number of carbonyl (C=O) groups is 1. The van der Waals surface area contributed by atoms with Gasteiger partial charge in [0, 0.05) is 11.1 Å². The van der Waals surface area contributed by atoms with E-state index in [1.807, 2.05) is 30.3 Å². The van der Waals surface area contributed by atoms with Crippen LogP contribution < -0.4 is 0 Å². The monoisotopic (exact) mass is 273 g/mol. The molecule has 0 atom stereocenters. The first-order valence-corrected chi connectivity index (χ1v) is 6.69. The predicted molar refractivity (Wildman–Crippen MR) is 82.3 cm³/mol. The molecule has 3 aromatic carbocycles. The van der Waals surface area contributed by atoms with Crippen LogP contribution in [0, 0.1) is 0 Å². The molecule has 0 bridgehead atoms. The van der Waals surface area contributed by atoms with Crippen LogP contribution in [0.2, 0.25) is 0 Å². The van der Waals surface area contributed by atoms with Crippen LogP contribution in [0.15, 0.2) is 65.2 Å². The standard InChI is InChI=1S/C18H11NO2/c20-11-12-8-9-17-16(10-12)18(21-19-17)15-7-3-5-13-4-1-2-6-14(13)15/h1-11H. The molecule has 3 nitrogen and oxygen atoms in total. The lowest BCUT2D eigenvalue weighted by Crippen LogP contribution is -1.82. The number of aromatic nitrogens is 1. The Kier molecular flexibility index (Phi) is 2.57. The van der Waals surface area contributed by atoms with Crippen molar-refractivity contribution in [1.82, 2.24) is 5.16 Å². The highest BCUT2D eigenvalue weighted by Gasteiger charge is 2.13. The van der Waals surface area contributed by atoms with E-state index in [2.05, 4.69) is 23.4 Å². The molecule has 21 heavy (non-hydrogen) atoms. The second-order valence-electron chi connectivity index (χ2n) is 4.93. The topological polar surface area (TPSA) is 43.1 Å². The van der Waals surface area contributed by atoms with Crippen molar-refractivity contribution in [3.63, 3.8) is 0 Å². The molecule has 0 spiro atoms. The number of fused-ring (bicyclic) bond motifs is 2. The van der Waals surface area contributed by atoms with E-state index in [-0.39, 0.29) is 0 Å². The van der Waals surface area contributed by atoms with Gasteiger partial charge in [0.05, 0.1) is 5.39 Å². The number of carbonyl (C=O) groups excluding carboxylic acids is 1. The molecule has 0 radical (unpaired) electrons. The van der Waals surface area contributed by atoms with Crippen molar-refractivity contribution < 1.29 is 9.32 Å². The summed E-state index contributed by atoms with van der Waals surface area (Å²) in [6.07, 6.45) is 0.833. The van der Waals surface area contributed by atoms with E-state index in [1.54, 1.807) is 12.1 Å². The van der Waals surface area contributed by atoms with Crippen molar-refractivity contribution in [2.75, 3.05) is 0 Å². The van der Waals surface area contributed by atoms with Gasteiger partial charge in [0.15, 0.2) is 5.76 Å². The Labute approximate surface area is 120 Å². The third-order valence-electron chi connectivity index (χ3n) is 3.67. The van der Waals surface area contributed by atoms with Gasteiger partial charge in [-0.2, -0.15) is 0 Å². The summed E-state index contributed by atoms with van der Waals surface area (Å²) in [5.41, 5.74) is 2.36. The van der Waals surface area contributed by atoms with Crippen LogP contribution in [0.1, 0.15) is 10.4 Å². The molecule has 0 aliphatic carbocycles. The fourth-order valence-corrected chi connectivity index (χ4v) is 2.65. The smallest absolute Gasteiger partial charge is 0.175 e. The zero-order valence-corrected chi connectivity index (χ0v) is 11.1. The number of hydrogen-bond donors (Lipinski definition) is 0. The minimum atomic E-state index is 0.618. The molecular weight excluding hydrogens is 262 g/mol. The summed E-state index contributed by atoms with van der Waals surface area (Å²) in [4.78, 5) is 11.0. The third kappa shape index (κ3) is 1.82. The Balaban J connectivity index is 2.06. The van der Waals surface area contributed by atoms with Gasteiger partial charge in [0.25, 0.3) is 0 Å². The molecule has 0 amide bonds. The first-order valence-electron chi connectivity index (χ1n) is 6.69. The molecule has 0 fully saturated rings. The molecule has 4 rings (SSSR count). The number of rotatable bonds is 2. The molecule has 100 valence electrons. The maximum Gasteiger partial charge on any atom is 0.175 e. The van der Waals surface area contributed by atoms with Crippen LogP contribution in [0.3, 0.4) is 0 Å². The zero-order chi connectivity index (χ0) is 14.2. The minimum absolute atomic E-state index is 0.618. The number of hydrogen-bond acceptors (Lipinski definition) is 3. The molecule has 1 aromatic heterocycles. The minimum Gasteiger partial charge on any atom is -0.355 e. The summed E-state index contributed by atoms with van der Waals surface area (Å²) in [7, 11) is 0. The first kappa shape index (κ1) is 11.9. The summed E-state index contributed by atoms with van der Waals surface area (Å²) in [5, 5.41) is 7.19. The molecule has 0 aliphatic rings. The average molecular weight is 273 g/mol. The van der Waals surface area contributed by atoms with Crippen LogP contribution in [-0.4, -0.2) is 11.4 Å². The van der Waals surface area contributed by atoms with Gasteiger partial charge in [-0.15, -0.1) is 0 Å². The Morgan fingerprint density at radius 1 is 0.905 bits per heavy atom. The lowest BCUT2D eigenvalue weighted by molar-refractivity contribution is 0.112. The number of benzene rings is 3. The van der Waals surface area contributed by atoms with E-state index in [0.29, 0.717) is 11.3 Å². The normalized spacial score (nSPS) is 11.0. The highest BCUT2D eigenvalue weighted by Crippen LogP contribution is 2.34. The van der Waals surface area contributed by atoms with Gasteiger partial charge in [-0.05, 0) is 29.0 Å². The van der Waals surface area contributed by atoms with Gasteiger partial charge in [-0.25, -0.2) is 0 Å². The van der Waals surface area contributed by atoms with Crippen LogP contribution >= 0.6 is 0 Å². The van der Waals surface area contributed by atoms with Crippen LogP contribution in [-0.2, 0) is 0 Å². The van der Waals surface area contributed by atoms with E-state index in [0.717, 1.165) is 33.5 Å². The molecule has 1 heterocycles. The summed E-state index contributed by atoms with van der Waals surface area (Å²) in [6.45, 7) is 0. The molecule has 0 saturated heterocycles. The molecule has 0 unspecified atom stereocenters. The summed E-state index contributed by atoms with van der Waals surface area (Å²) in [6, 6.07) is 19.6. The van der Waals surface area contributed by atoms with Crippen molar-refractivity contribution >= 4 is 28.0 Å². The van der Waals surface area contributed by atoms with E-state index in [9.17, 15) is 4.79 Å². The maximum atomic E-state index is 11.0. The van der Waals surface area contributed by atoms with Crippen molar-refractivity contribution in [2.45, 2.75) is 0 Å². The number of nitrogens with zero attached hydrogens (tertiary/aromatic N) is 1. The quantitative estimate of drug-likeness (QED) is 0.506. The highest BCUT2D eigenvalue weighted by atomic mass is 16.5. The Bertz CT molecular complexity index is 964. The van der Waals surface area contributed by atoms with E-state index in [4.69, 9.17) is 4.52 Å². The van der Waals surface area contributed by atoms with Gasteiger partial charge in [-0.1, -0.05) is 47.6 Å². The van der Waals surface area contributed by atoms with Crippen LogP contribution in [0.5, 0.6) is 0 Å². The second-order valence-corrected chi connectivity index (χ2v) is 4.93. The fraction of sp³-hybridized carbons (Fsp3) is 0. The average Bonchev–Trinajstić information content (AvgIpc) is 2.97. The van der Waals surface area contributed by atoms with Gasteiger partial charge in [-0.3, -0.25) is 4.79 Å². The van der Waals surface area contributed by atoms with Crippen molar-refractivity contribution in [1.29, 1.82) is 0 Å². The van der Waals surface area contributed by atoms with Gasteiger partial charge in [0.1, 0.15) is 11.8 Å². The summed E-state index contributed by atoms with van der Waals surface area (Å²) in [5.74, 6) is 0.700. The maximum absolute atomic E-state index is 11.0. The lowest BCUT2D eigenvalue weighted by atomic mass is 10.0. The van der Waals surface area contributed by atoms with Gasteiger partial charge < -0.3 is 4.52 Å². The van der Waals surface area contributed by atoms with Crippen molar-refractivity contribution in [2.24, 2.45) is 0 Å². The fourth-order valence-electron chi connectivity index (χ4n) is 2.65. The molecule has 0 N–H and O–H groups in total. The SMILES string of the molecule is O=Cc1ccc2noc(-c3cccc4ccccc34)c2c1. The largest absolute Gasteiger partial charge is 0.355 e. The lowest BCUT2D eigenvalue weighted by Gasteiger charge is -2.03. The molecule has 0 saturated carbocycles. The van der Waals surface area contributed by atoms with E-state index in [1.165, 1.54) is 0 Å². The Morgan fingerprint density at radius 3 is 2.67 bits per heavy atom. The van der Waals surface area contributed by atoms with Crippen molar-refractivity contribution in [3.8, 4) is 11.3 Å². The van der Waals surface area contributed by atoms with Crippen molar-refractivity contribution in [3.05, 3.63) is 66.2 Å². The number of aldehydes is 1. The van der Waals surface area contributed by atoms with E-state index >= 15 is 0 Å². The van der Waals surface area contributed by atoms with Gasteiger partial charge in [0.2, 0.25) is 0 Å². The predicted octanol–water partition coefficient (Wildman–Crippen LogP) is 4.46. The Morgan fingerprint density at radius 2 is 1.76 bits per heavy atom. The summed E-state index contributed by atoms with van der Waals surface area (Å²) >= 11 is 0. The first-order chi connectivity index (χ1) is 10.4. The van der Waals surface area contributed by atoms with Gasteiger partial charge >= 0.3 is 0 Å². The Hall–Kier alpha value is -2.94. The van der Waals surface area contributed by atoms with E-state index < -0.39 is 0 Å². The zero-order valence-electron chi connectivity index (χ0n) is 11.1. The molecule has 4 aromatic rings. The second kappa shape index (κ2) is 4.56. The molecular formula is C18H11NO2. The highest BCUT2D eigenvalue weighted by molar-refractivity contribution is 6.03. The van der Waals surface area contributed by atoms with Crippen LogP contribution in [0.4, 0.5) is 0 Å². The molecule has 0 aliphatic heterocycles. The molecule has 3 heteroatoms. The summed E-state index contributed by atoms with van der Waals surface area (Å²) < 4.78 is 5.54. The van der Waals surface area contributed by atoms with Crippen LogP contribution in [0.25, 0.3) is 33.0 Å². The third-order valence-corrected chi connectivity index (χ3v) is 3.67.